The second-order valence-corrected chi connectivity index (χ2v) is 11.4. The minimum atomic E-state index is -3.75. The van der Waals surface area contributed by atoms with E-state index in [1.807, 2.05) is 4.90 Å². The van der Waals surface area contributed by atoms with Gasteiger partial charge >= 0.3 is 0 Å². The summed E-state index contributed by atoms with van der Waals surface area (Å²) in [7, 11) is -3.75. The fourth-order valence-corrected chi connectivity index (χ4v) is 5.99. The van der Waals surface area contributed by atoms with Gasteiger partial charge in [-0.3, -0.25) is 9.52 Å². The van der Waals surface area contributed by atoms with Gasteiger partial charge in [-0.1, -0.05) is 29.3 Å². The number of ether oxygens (including phenoxy) is 1. The van der Waals surface area contributed by atoms with Crippen LogP contribution in [0.4, 0.5) is 10.8 Å². The normalized spacial score (nSPS) is 17.1. The molecule has 9 nitrogen and oxygen atoms in total. The summed E-state index contributed by atoms with van der Waals surface area (Å²) < 4.78 is 33.4. The number of hydrogen-bond acceptors (Lipinski definition) is 8. The summed E-state index contributed by atoms with van der Waals surface area (Å²) in [5, 5.41) is 12.5. The van der Waals surface area contributed by atoms with E-state index in [1.54, 1.807) is 47.5 Å². The van der Waals surface area contributed by atoms with E-state index in [-0.39, 0.29) is 22.4 Å². The van der Waals surface area contributed by atoms with Crippen molar-refractivity contribution in [3.8, 4) is 5.75 Å². The summed E-state index contributed by atoms with van der Waals surface area (Å²) in [5.41, 5.74) is 0.781. The summed E-state index contributed by atoms with van der Waals surface area (Å²) in [5.74, 6) is 0.0306. The number of aromatic nitrogens is 1. The Morgan fingerprint density at radius 3 is 2.67 bits per heavy atom. The van der Waals surface area contributed by atoms with Crippen molar-refractivity contribution in [2.75, 3.05) is 35.9 Å². The number of benzene rings is 2. The standard InChI is InChI=1S/C23H24Cl2N4O5S2/c1-15(34-20-4-2-3-19(24)21(20)25)22(31)29-11-10-28(13-17(29)14-30)16-5-7-18(8-6-16)36(32,33)27-23-26-9-12-35-23/h2-9,12,15,17,30H,10-11,13-14H2,1H3,(H,26,27)/t15-,17-/m0/s1. The second kappa shape index (κ2) is 11.2. The molecule has 192 valence electrons. The van der Waals surface area contributed by atoms with Crippen molar-refractivity contribution >= 4 is 61.3 Å². The van der Waals surface area contributed by atoms with Crippen LogP contribution in [-0.4, -0.2) is 67.7 Å². The van der Waals surface area contributed by atoms with Crippen LogP contribution in [0.25, 0.3) is 0 Å². The van der Waals surface area contributed by atoms with Gasteiger partial charge in [0.1, 0.15) is 10.8 Å². The molecule has 0 aliphatic carbocycles. The second-order valence-electron chi connectivity index (χ2n) is 8.06. The highest BCUT2D eigenvalue weighted by Gasteiger charge is 2.33. The lowest BCUT2D eigenvalue weighted by atomic mass is 10.1. The molecule has 1 amide bonds. The molecule has 2 N–H and O–H groups in total. The molecule has 2 aromatic carbocycles. The van der Waals surface area contributed by atoms with Crippen molar-refractivity contribution in [2.24, 2.45) is 0 Å². The zero-order valence-electron chi connectivity index (χ0n) is 19.2. The van der Waals surface area contributed by atoms with Gasteiger partial charge in [0.05, 0.1) is 22.6 Å². The molecule has 0 unspecified atom stereocenters. The van der Waals surface area contributed by atoms with E-state index in [1.165, 1.54) is 29.7 Å². The molecular weight excluding hydrogens is 547 g/mol. The Morgan fingerprint density at radius 1 is 1.25 bits per heavy atom. The van der Waals surface area contributed by atoms with E-state index in [0.29, 0.717) is 35.5 Å². The van der Waals surface area contributed by atoms with Crippen LogP contribution in [0.15, 0.2) is 58.9 Å². The number of hydrogen-bond donors (Lipinski definition) is 2. The first-order valence-corrected chi connectivity index (χ1v) is 14.1. The molecule has 4 rings (SSSR count). The van der Waals surface area contributed by atoms with Gasteiger partial charge in [-0.15, -0.1) is 11.3 Å². The van der Waals surface area contributed by atoms with Gasteiger partial charge in [0.25, 0.3) is 15.9 Å². The molecule has 3 aromatic rings. The summed E-state index contributed by atoms with van der Waals surface area (Å²) >= 11 is 13.4. The number of anilines is 2. The Balaban J connectivity index is 1.41. The summed E-state index contributed by atoms with van der Waals surface area (Å²) in [6.45, 7) is 2.61. The van der Waals surface area contributed by atoms with E-state index in [0.717, 1.165) is 5.69 Å². The Kier molecular flexibility index (Phi) is 8.26. The van der Waals surface area contributed by atoms with Gasteiger partial charge in [0.15, 0.2) is 11.2 Å². The highest BCUT2D eigenvalue weighted by Crippen LogP contribution is 2.32. The van der Waals surface area contributed by atoms with E-state index >= 15 is 0 Å². The maximum atomic E-state index is 13.1. The summed E-state index contributed by atoms with van der Waals surface area (Å²) in [6.07, 6.45) is 0.684. The third-order valence-electron chi connectivity index (χ3n) is 5.71. The van der Waals surface area contributed by atoms with Crippen LogP contribution in [0.2, 0.25) is 10.0 Å². The third kappa shape index (κ3) is 5.87. The highest BCUT2D eigenvalue weighted by molar-refractivity contribution is 7.93. The zero-order valence-corrected chi connectivity index (χ0v) is 22.3. The van der Waals surface area contributed by atoms with Gasteiger partial charge in [-0.05, 0) is 43.3 Å². The van der Waals surface area contributed by atoms with E-state index < -0.39 is 22.2 Å². The summed E-state index contributed by atoms with van der Waals surface area (Å²) in [6, 6.07) is 10.9. The number of aliphatic hydroxyl groups is 1. The lowest BCUT2D eigenvalue weighted by Gasteiger charge is -2.42. The molecule has 0 bridgehead atoms. The SMILES string of the molecule is C[C@H](Oc1cccc(Cl)c1Cl)C(=O)N1CCN(c2ccc(S(=O)(=O)Nc3nccs3)cc2)C[C@H]1CO. The number of carbonyl (C=O) groups excluding carboxylic acids is 1. The number of nitrogens with one attached hydrogen (secondary N) is 1. The minimum absolute atomic E-state index is 0.111. The van der Waals surface area contributed by atoms with E-state index in [9.17, 15) is 18.3 Å². The van der Waals surface area contributed by atoms with Crippen molar-refractivity contribution < 1.29 is 23.1 Å². The molecule has 36 heavy (non-hydrogen) atoms. The van der Waals surface area contributed by atoms with Crippen molar-refractivity contribution in [1.82, 2.24) is 9.88 Å². The van der Waals surface area contributed by atoms with Crippen molar-refractivity contribution in [3.63, 3.8) is 0 Å². The number of aliphatic hydroxyl groups excluding tert-OH is 1. The number of piperazine rings is 1. The number of amides is 1. The summed E-state index contributed by atoms with van der Waals surface area (Å²) in [4.78, 5) is 20.8. The maximum Gasteiger partial charge on any atom is 0.263 e. The molecule has 2 atom stereocenters. The Bertz CT molecular complexity index is 1310. The molecule has 2 heterocycles. The largest absolute Gasteiger partial charge is 0.479 e. The predicted molar refractivity (Wildman–Crippen MR) is 141 cm³/mol. The van der Waals surface area contributed by atoms with E-state index in [2.05, 4.69) is 9.71 Å². The number of thiazole rings is 1. The molecule has 0 spiro atoms. The van der Waals surface area contributed by atoms with Gasteiger partial charge in [0, 0.05) is 36.9 Å². The third-order valence-corrected chi connectivity index (χ3v) is 8.68. The monoisotopic (exact) mass is 570 g/mol. The highest BCUT2D eigenvalue weighted by atomic mass is 35.5. The number of sulfonamides is 1. The van der Waals surface area contributed by atoms with Crippen LogP contribution in [0.5, 0.6) is 5.75 Å². The maximum absolute atomic E-state index is 13.1. The molecule has 0 radical (unpaired) electrons. The fourth-order valence-electron chi connectivity index (χ4n) is 3.87. The van der Waals surface area contributed by atoms with Crippen LogP contribution >= 0.6 is 34.5 Å². The van der Waals surface area contributed by atoms with Gasteiger partial charge in [0.2, 0.25) is 0 Å². The Labute approximate surface area is 223 Å². The lowest BCUT2D eigenvalue weighted by molar-refractivity contribution is -0.141. The molecule has 1 aromatic heterocycles. The Hall–Kier alpha value is -2.57. The average Bonchev–Trinajstić information content (AvgIpc) is 3.38. The molecular formula is C23H24Cl2N4O5S2. The number of rotatable bonds is 8. The van der Waals surface area contributed by atoms with Crippen molar-refractivity contribution in [3.05, 3.63) is 64.1 Å². The zero-order chi connectivity index (χ0) is 25.9. The smallest absolute Gasteiger partial charge is 0.263 e. The fraction of sp³-hybridized carbons (Fsp3) is 0.304. The first-order valence-electron chi connectivity index (χ1n) is 11.0. The van der Waals surface area contributed by atoms with E-state index in [4.69, 9.17) is 27.9 Å². The van der Waals surface area contributed by atoms with Crippen LogP contribution in [0.1, 0.15) is 6.92 Å². The number of nitrogens with zero attached hydrogens (tertiary/aromatic N) is 3. The quantitative estimate of drug-likeness (QED) is 0.424. The lowest BCUT2D eigenvalue weighted by Crippen LogP contribution is -2.59. The first kappa shape index (κ1) is 26.5. The molecule has 0 saturated carbocycles. The van der Waals surface area contributed by atoms with Gasteiger partial charge < -0.3 is 19.6 Å². The minimum Gasteiger partial charge on any atom is -0.479 e. The van der Waals surface area contributed by atoms with Crippen LogP contribution in [0, 0.1) is 0 Å². The van der Waals surface area contributed by atoms with Crippen molar-refractivity contribution in [1.29, 1.82) is 0 Å². The number of halogens is 2. The Morgan fingerprint density at radius 2 is 2.00 bits per heavy atom. The van der Waals surface area contributed by atoms with Crippen LogP contribution in [-0.2, 0) is 14.8 Å². The van der Waals surface area contributed by atoms with Crippen molar-refractivity contribution in [2.45, 2.75) is 24.0 Å². The molecule has 1 saturated heterocycles. The molecule has 1 aliphatic heterocycles. The molecule has 1 fully saturated rings. The number of carbonyl (C=O) groups is 1. The predicted octanol–water partition coefficient (Wildman–Crippen LogP) is 3.73. The molecule has 13 heteroatoms. The van der Waals surface area contributed by atoms with Gasteiger partial charge in [-0.25, -0.2) is 13.4 Å². The first-order chi connectivity index (χ1) is 17.2. The van der Waals surface area contributed by atoms with Crippen LogP contribution in [0.3, 0.4) is 0 Å². The average molecular weight is 572 g/mol. The van der Waals surface area contributed by atoms with Gasteiger partial charge in [-0.2, -0.15) is 0 Å². The molecule has 1 aliphatic rings. The van der Waals surface area contributed by atoms with Crippen LogP contribution < -0.4 is 14.4 Å². The topological polar surface area (TPSA) is 112 Å².